The van der Waals surface area contributed by atoms with Gasteiger partial charge in [-0.1, -0.05) is 67.0 Å². The average Bonchev–Trinajstić information content (AvgIpc) is 2.69. The molecule has 3 aromatic rings. The lowest BCUT2D eigenvalue weighted by Gasteiger charge is -2.25. The van der Waals surface area contributed by atoms with E-state index < -0.39 is 0 Å². The van der Waals surface area contributed by atoms with Crippen molar-refractivity contribution in [3.8, 4) is 11.8 Å². The topological polar surface area (TPSA) is 3.24 Å². The second-order valence-electron chi connectivity index (χ2n) is 5.89. The maximum absolute atomic E-state index is 3.69. The normalized spacial score (nSPS) is 10.6. The Labute approximate surface area is 155 Å². The van der Waals surface area contributed by atoms with E-state index >= 15 is 0 Å². The molecule has 0 radical (unpaired) electrons. The maximum Gasteiger partial charge on any atom is 0.0462 e. The van der Waals surface area contributed by atoms with Gasteiger partial charge in [-0.2, -0.15) is 0 Å². The van der Waals surface area contributed by atoms with Crippen LogP contribution >= 0.6 is 0 Å². The third-order valence-corrected chi connectivity index (χ3v) is 3.93. The zero-order valence-electron chi connectivity index (χ0n) is 14.9. The van der Waals surface area contributed by atoms with Gasteiger partial charge < -0.3 is 4.90 Å². The summed E-state index contributed by atoms with van der Waals surface area (Å²) in [7, 11) is 0. The Morgan fingerprint density at radius 2 is 1.27 bits per heavy atom. The summed E-state index contributed by atoms with van der Waals surface area (Å²) in [4.78, 5) is 2.24. The lowest BCUT2D eigenvalue weighted by atomic mass is 10.1. The van der Waals surface area contributed by atoms with E-state index in [0.29, 0.717) is 0 Å². The van der Waals surface area contributed by atoms with E-state index in [1.54, 1.807) is 6.08 Å². The Bertz CT molecular complexity index is 900. The highest BCUT2D eigenvalue weighted by Gasteiger charge is 2.11. The highest BCUT2D eigenvalue weighted by molar-refractivity contribution is 5.76. The standard InChI is InChI=1S/C25H21N/c1-3-10-21(2)15-16-22-17-19-25(20-18-22)26(23-11-6-4-7-12-23)24-13-8-5-9-14-24/h3-14,17-20H,1H2,2H3/b21-10+. The van der Waals surface area contributed by atoms with Crippen LogP contribution in [0.3, 0.4) is 0 Å². The molecule has 0 saturated carbocycles. The molecule has 0 atom stereocenters. The van der Waals surface area contributed by atoms with Gasteiger partial charge in [-0.25, -0.2) is 0 Å². The zero-order valence-corrected chi connectivity index (χ0v) is 14.9. The first kappa shape index (κ1) is 17.3. The predicted molar refractivity (Wildman–Crippen MR) is 112 cm³/mol. The summed E-state index contributed by atoms with van der Waals surface area (Å²) >= 11 is 0. The molecule has 0 unspecified atom stereocenters. The number of para-hydroxylation sites is 2. The van der Waals surface area contributed by atoms with Gasteiger partial charge in [-0.3, -0.25) is 0 Å². The fraction of sp³-hybridized carbons (Fsp3) is 0.0400. The largest absolute Gasteiger partial charge is 0.311 e. The van der Waals surface area contributed by atoms with Crippen LogP contribution < -0.4 is 4.90 Å². The first-order chi connectivity index (χ1) is 12.8. The van der Waals surface area contributed by atoms with E-state index in [0.717, 1.165) is 28.2 Å². The molecule has 1 nitrogen and oxygen atoms in total. The number of hydrogen-bond donors (Lipinski definition) is 0. The van der Waals surface area contributed by atoms with E-state index in [-0.39, 0.29) is 0 Å². The van der Waals surface area contributed by atoms with Gasteiger partial charge in [0.15, 0.2) is 0 Å². The molecule has 1 heteroatoms. The Morgan fingerprint density at radius 1 is 0.769 bits per heavy atom. The molecule has 0 saturated heterocycles. The Morgan fingerprint density at radius 3 is 1.77 bits per heavy atom. The van der Waals surface area contributed by atoms with Crippen LogP contribution in [0.25, 0.3) is 0 Å². The molecular formula is C25H21N. The van der Waals surface area contributed by atoms with Crippen molar-refractivity contribution in [3.63, 3.8) is 0 Å². The summed E-state index contributed by atoms with van der Waals surface area (Å²) in [5.74, 6) is 6.33. The first-order valence-corrected chi connectivity index (χ1v) is 8.59. The summed E-state index contributed by atoms with van der Waals surface area (Å²) in [5.41, 5.74) is 5.35. The smallest absolute Gasteiger partial charge is 0.0462 e. The molecule has 0 heterocycles. The minimum absolute atomic E-state index is 0.992. The van der Waals surface area contributed by atoms with E-state index in [4.69, 9.17) is 0 Å². The van der Waals surface area contributed by atoms with E-state index in [1.807, 2.05) is 25.1 Å². The fourth-order valence-electron chi connectivity index (χ4n) is 2.68. The third kappa shape index (κ3) is 4.32. The summed E-state index contributed by atoms with van der Waals surface area (Å²) in [5, 5.41) is 0. The van der Waals surface area contributed by atoms with Crippen molar-refractivity contribution in [2.24, 2.45) is 0 Å². The van der Waals surface area contributed by atoms with Crippen molar-refractivity contribution in [2.75, 3.05) is 4.90 Å². The maximum atomic E-state index is 3.69. The summed E-state index contributed by atoms with van der Waals surface area (Å²) in [6.45, 7) is 5.68. The van der Waals surface area contributed by atoms with Crippen molar-refractivity contribution < 1.29 is 0 Å². The van der Waals surface area contributed by atoms with Gasteiger partial charge in [0.1, 0.15) is 0 Å². The zero-order chi connectivity index (χ0) is 18.2. The van der Waals surface area contributed by atoms with Crippen molar-refractivity contribution in [2.45, 2.75) is 6.92 Å². The van der Waals surface area contributed by atoms with Crippen LogP contribution in [0.2, 0.25) is 0 Å². The second-order valence-corrected chi connectivity index (χ2v) is 5.89. The summed E-state index contributed by atoms with van der Waals surface area (Å²) in [6, 6.07) is 29.1. The molecule has 0 amide bonds. The van der Waals surface area contributed by atoms with Gasteiger partial charge >= 0.3 is 0 Å². The number of benzene rings is 3. The van der Waals surface area contributed by atoms with Crippen LogP contribution in [-0.4, -0.2) is 0 Å². The van der Waals surface area contributed by atoms with Gasteiger partial charge in [0, 0.05) is 22.6 Å². The van der Waals surface area contributed by atoms with Crippen molar-refractivity contribution >= 4 is 17.1 Å². The molecule has 0 aliphatic heterocycles. The predicted octanol–water partition coefficient (Wildman–Crippen LogP) is 6.64. The minimum atomic E-state index is 0.992. The van der Waals surface area contributed by atoms with Crippen LogP contribution in [0.1, 0.15) is 12.5 Å². The van der Waals surface area contributed by atoms with Crippen LogP contribution in [0, 0.1) is 11.8 Å². The van der Waals surface area contributed by atoms with Crippen LogP contribution in [0.4, 0.5) is 17.1 Å². The molecule has 3 aromatic carbocycles. The Balaban J connectivity index is 1.96. The lowest BCUT2D eigenvalue weighted by Crippen LogP contribution is -2.09. The van der Waals surface area contributed by atoms with Crippen LogP contribution in [0.15, 0.2) is 109 Å². The first-order valence-electron chi connectivity index (χ1n) is 8.59. The molecule has 3 rings (SSSR count). The Kier molecular flexibility index (Phi) is 5.70. The summed E-state index contributed by atoms with van der Waals surface area (Å²) < 4.78 is 0. The number of hydrogen-bond acceptors (Lipinski definition) is 1. The molecule has 0 N–H and O–H groups in total. The highest BCUT2D eigenvalue weighted by Crippen LogP contribution is 2.33. The van der Waals surface area contributed by atoms with Gasteiger partial charge in [0.2, 0.25) is 0 Å². The monoisotopic (exact) mass is 335 g/mol. The molecule has 0 aliphatic rings. The average molecular weight is 335 g/mol. The molecular weight excluding hydrogens is 314 g/mol. The number of nitrogens with zero attached hydrogens (tertiary/aromatic N) is 1. The lowest BCUT2D eigenvalue weighted by molar-refractivity contribution is 1.28. The van der Waals surface area contributed by atoms with Crippen molar-refractivity contribution in [1.29, 1.82) is 0 Å². The van der Waals surface area contributed by atoms with Gasteiger partial charge in [0.25, 0.3) is 0 Å². The van der Waals surface area contributed by atoms with Crippen LogP contribution in [-0.2, 0) is 0 Å². The Hall–Kier alpha value is -3.50. The van der Waals surface area contributed by atoms with E-state index in [2.05, 4.69) is 96.1 Å². The van der Waals surface area contributed by atoms with Crippen molar-refractivity contribution in [1.82, 2.24) is 0 Å². The van der Waals surface area contributed by atoms with Gasteiger partial charge in [-0.15, -0.1) is 0 Å². The third-order valence-electron chi connectivity index (χ3n) is 3.93. The molecule has 0 bridgehead atoms. The molecule has 0 fully saturated rings. The van der Waals surface area contributed by atoms with Crippen LogP contribution in [0.5, 0.6) is 0 Å². The van der Waals surface area contributed by atoms with Crippen molar-refractivity contribution in [3.05, 3.63) is 115 Å². The van der Waals surface area contributed by atoms with Gasteiger partial charge in [-0.05, 0) is 61.0 Å². The molecule has 0 aromatic heterocycles. The fourth-order valence-corrected chi connectivity index (χ4v) is 2.68. The molecule has 126 valence electrons. The second kappa shape index (κ2) is 8.55. The summed E-state index contributed by atoms with van der Waals surface area (Å²) in [6.07, 6.45) is 3.67. The minimum Gasteiger partial charge on any atom is -0.311 e. The quantitative estimate of drug-likeness (QED) is 0.381. The number of rotatable bonds is 4. The SMILES string of the molecule is C=C/C=C(\C)C#Cc1ccc(N(c2ccccc2)c2ccccc2)cc1. The number of allylic oxidation sites excluding steroid dienone is 3. The van der Waals surface area contributed by atoms with Gasteiger partial charge in [0.05, 0.1) is 0 Å². The van der Waals surface area contributed by atoms with E-state index in [9.17, 15) is 0 Å². The highest BCUT2D eigenvalue weighted by atomic mass is 15.1. The molecule has 26 heavy (non-hydrogen) atoms. The molecule has 0 spiro atoms. The number of anilines is 3. The molecule has 0 aliphatic carbocycles. The van der Waals surface area contributed by atoms with E-state index in [1.165, 1.54) is 0 Å².